The maximum Gasteiger partial charge on any atom is 0.343 e. The van der Waals surface area contributed by atoms with Crippen molar-refractivity contribution >= 4 is 5.97 Å². The number of rotatable bonds is 9. The van der Waals surface area contributed by atoms with Crippen molar-refractivity contribution in [1.82, 2.24) is 10.3 Å². The first-order valence-corrected chi connectivity index (χ1v) is 12.7. The van der Waals surface area contributed by atoms with Gasteiger partial charge in [0.15, 0.2) is 5.60 Å². The van der Waals surface area contributed by atoms with Crippen LogP contribution in [0.25, 0.3) is 0 Å². The molecular formula is C28H38N2O3. The molecule has 1 saturated heterocycles. The van der Waals surface area contributed by atoms with Gasteiger partial charge >= 0.3 is 5.97 Å². The lowest BCUT2D eigenvalue weighted by atomic mass is 9.73. The molecule has 1 aromatic heterocycles. The molecule has 2 N–H and O–H groups in total. The molecule has 5 nitrogen and oxygen atoms in total. The molecule has 1 saturated carbocycles. The summed E-state index contributed by atoms with van der Waals surface area (Å²) in [6.07, 6.45) is 11.2. The molecule has 2 atom stereocenters. The van der Waals surface area contributed by atoms with Gasteiger partial charge in [0.1, 0.15) is 0 Å². The molecule has 0 bridgehead atoms. The summed E-state index contributed by atoms with van der Waals surface area (Å²) in [5.74, 6) is 0.126. The molecule has 4 rings (SSSR count). The summed E-state index contributed by atoms with van der Waals surface area (Å²) in [7, 11) is 0. The minimum absolute atomic E-state index is 0.0383. The van der Waals surface area contributed by atoms with Crippen molar-refractivity contribution in [2.45, 2.75) is 69.3 Å². The van der Waals surface area contributed by atoms with Crippen LogP contribution in [0.3, 0.4) is 0 Å². The average Bonchev–Trinajstić information content (AvgIpc) is 2.90. The Kier molecular flexibility index (Phi) is 8.51. The highest BCUT2D eigenvalue weighted by atomic mass is 16.5. The van der Waals surface area contributed by atoms with Gasteiger partial charge in [0, 0.05) is 23.7 Å². The van der Waals surface area contributed by atoms with Gasteiger partial charge in [0.05, 0.1) is 6.61 Å². The second-order valence-electron chi connectivity index (χ2n) is 9.79. The number of pyridine rings is 1. The maximum absolute atomic E-state index is 13.5. The third-order valence-corrected chi connectivity index (χ3v) is 7.62. The Balaban J connectivity index is 1.48. The Labute approximate surface area is 198 Å². The highest BCUT2D eigenvalue weighted by molar-refractivity contribution is 5.81. The molecule has 0 spiro atoms. The number of ether oxygens (including phenoxy) is 1. The minimum Gasteiger partial charge on any atom is -0.463 e. The molecule has 2 fully saturated rings. The lowest BCUT2D eigenvalue weighted by Crippen LogP contribution is -2.45. The number of esters is 1. The van der Waals surface area contributed by atoms with Crippen molar-refractivity contribution in [2.75, 3.05) is 19.7 Å². The zero-order valence-corrected chi connectivity index (χ0v) is 19.6. The smallest absolute Gasteiger partial charge is 0.343 e. The molecule has 0 amide bonds. The number of carbonyl (C=O) groups excluding carboxylic acids is 1. The summed E-state index contributed by atoms with van der Waals surface area (Å²) in [4.78, 5) is 18.1. The number of benzene rings is 1. The van der Waals surface area contributed by atoms with E-state index in [1.165, 1.54) is 12.8 Å². The molecule has 2 aliphatic rings. The molecule has 1 aliphatic carbocycles. The van der Waals surface area contributed by atoms with Gasteiger partial charge in [-0.25, -0.2) is 4.79 Å². The van der Waals surface area contributed by atoms with Crippen LogP contribution in [0.1, 0.15) is 75.0 Å². The standard InChI is InChI=1S/C28H38N2O3/c31-27(28(32,24-9-3-1-4-10-24)25-11-5-2-6-12-25)33-21-23(26-13-7-8-18-30-26)15-14-22-16-19-29-20-17-22/h1,3-4,7-10,13,18,22-23,25,29,32H,2,5-6,11-12,14-17,19-21H2. The van der Waals surface area contributed by atoms with Crippen LogP contribution in [0.2, 0.25) is 0 Å². The van der Waals surface area contributed by atoms with Crippen molar-refractivity contribution in [3.63, 3.8) is 0 Å². The van der Waals surface area contributed by atoms with E-state index in [2.05, 4.69) is 10.3 Å². The zero-order valence-electron chi connectivity index (χ0n) is 19.6. The van der Waals surface area contributed by atoms with Crippen LogP contribution in [-0.2, 0) is 15.1 Å². The number of aliphatic hydroxyl groups is 1. The average molecular weight is 451 g/mol. The summed E-state index contributed by atoms with van der Waals surface area (Å²) >= 11 is 0. The van der Waals surface area contributed by atoms with E-state index in [0.29, 0.717) is 11.5 Å². The van der Waals surface area contributed by atoms with Gasteiger partial charge in [-0.3, -0.25) is 4.98 Å². The van der Waals surface area contributed by atoms with Crippen LogP contribution < -0.4 is 5.32 Å². The van der Waals surface area contributed by atoms with Crippen LogP contribution in [0.5, 0.6) is 0 Å². The molecule has 1 aromatic carbocycles. The van der Waals surface area contributed by atoms with E-state index in [1.54, 1.807) is 6.20 Å². The number of aromatic nitrogens is 1. The van der Waals surface area contributed by atoms with E-state index in [0.717, 1.165) is 63.7 Å². The third-order valence-electron chi connectivity index (χ3n) is 7.62. The summed E-state index contributed by atoms with van der Waals surface area (Å²) in [6, 6.07) is 15.3. The fourth-order valence-electron chi connectivity index (χ4n) is 5.56. The van der Waals surface area contributed by atoms with Crippen LogP contribution >= 0.6 is 0 Å². The van der Waals surface area contributed by atoms with Gasteiger partial charge in [0.25, 0.3) is 0 Å². The minimum atomic E-state index is -1.59. The topological polar surface area (TPSA) is 71.5 Å². The van der Waals surface area contributed by atoms with E-state index < -0.39 is 11.6 Å². The largest absolute Gasteiger partial charge is 0.463 e. The fourth-order valence-corrected chi connectivity index (χ4v) is 5.56. The van der Waals surface area contributed by atoms with Crippen LogP contribution in [-0.4, -0.2) is 35.8 Å². The maximum atomic E-state index is 13.5. The number of hydrogen-bond acceptors (Lipinski definition) is 5. The van der Waals surface area contributed by atoms with E-state index in [1.807, 2.05) is 48.5 Å². The van der Waals surface area contributed by atoms with Crippen molar-refractivity contribution in [3.8, 4) is 0 Å². The van der Waals surface area contributed by atoms with Gasteiger partial charge in [-0.15, -0.1) is 0 Å². The molecule has 5 heteroatoms. The lowest BCUT2D eigenvalue weighted by Gasteiger charge is -2.37. The lowest BCUT2D eigenvalue weighted by molar-refractivity contribution is -0.176. The summed E-state index contributed by atoms with van der Waals surface area (Å²) in [5, 5.41) is 15.2. The van der Waals surface area contributed by atoms with Crippen molar-refractivity contribution < 1.29 is 14.6 Å². The number of carbonyl (C=O) groups is 1. The van der Waals surface area contributed by atoms with Gasteiger partial charge < -0.3 is 15.2 Å². The molecule has 2 aromatic rings. The number of nitrogens with one attached hydrogen (secondary N) is 1. The molecule has 2 unspecified atom stereocenters. The Bertz CT molecular complexity index is 848. The quantitative estimate of drug-likeness (QED) is 0.529. The Morgan fingerprint density at radius 1 is 1.03 bits per heavy atom. The molecule has 0 radical (unpaired) electrons. The first-order chi connectivity index (χ1) is 16.2. The Morgan fingerprint density at radius 3 is 2.45 bits per heavy atom. The molecule has 178 valence electrons. The monoisotopic (exact) mass is 450 g/mol. The molecule has 2 heterocycles. The zero-order chi connectivity index (χ0) is 22.9. The Hall–Kier alpha value is -2.24. The second kappa shape index (κ2) is 11.8. The van der Waals surface area contributed by atoms with Gasteiger partial charge in [0.2, 0.25) is 0 Å². The van der Waals surface area contributed by atoms with E-state index in [9.17, 15) is 9.90 Å². The van der Waals surface area contributed by atoms with Gasteiger partial charge in [-0.2, -0.15) is 0 Å². The molecule has 33 heavy (non-hydrogen) atoms. The first-order valence-electron chi connectivity index (χ1n) is 12.7. The summed E-state index contributed by atoms with van der Waals surface area (Å²) in [5.41, 5.74) is 0.0110. The summed E-state index contributed by atoms with van der Waals surface area (Å²) in [6.45, 7) is 2.42. The molecular weight excluding hydrogens is 412 g/mol. The normalized spacial score (nSPS) is 20.6. The van der Waals surface area contributed by atoms with Gasteiger partial charge in [-0.1, -0.05) is 55.7 Å². The van der Waals surface area contributed by atoms with Crippen LogP contribution in [0.15, 0.2) is 54.7 Å². The highest BCUT2D eigenvalue weighted by Crippen LogP contribution is 2.40. The summed E-state index contributed by atoms with van der Waals surface area (Å²) < 4.78 is 5.93. The van der Waals surface area contributed by atoms with E-state index in [-0.39, 0.29) is 18.4 Å². The Morgan fingerprint density at radius 2 is 1.76 bits per heavy atom. The highest BCUT2D eigenvalue weighted by Gasteiger charge is 2.47. The molecule has 1 aliphatic heterocycles. The predicted octanol–water partition coefficient (Wildman–Crippen LogP) is 4.96. The number of piperidine rings is 1. The number of nitrogens with zero attached hydrogens (tertiary/aromatic N) is 1. The second-order valence-corrected chi connectivity index (χ2v) is 9.79. The predicted molar refractivity (Wildman–Crippen MR) is 130 cm³/mol. The van der Waals surface area contributed by atoms with Gasteiger partial charge in [-0.05, 0) is 75.2 Å². The van der Waals surface area contributed by atoms with Crippen molar-refractivity contribution in [3.05, 3.63) is 66.0 Å². The van der Waals surface area contributed by atoms with Crippen LogP contribution in [0, 0.1) is 11.8 Å². The third kappa shape index (κ3) is 6.01. The number of hydrogen-bond donors (Lipinski definition) is 2. The van der Waals surface area contributed by atoms with Crippen molar-refractivity contribution in [1.29, 1.82) is 0 Å². The fraction of sp³-hybridized carbons (Fsp3) is 0.571. The van der Waals surface area contributed by atoms with E-state index >= 15 is 0 Å². The SMILES string of the molecule is O=C(OCC(CCC1CCNCC1)c1ccccn1)C(O)(c1ccccc1)C1CCCCC1. The van der Waals surface area contributed by atoms with Crippen molar-refractivity contribution in [2.24, 2.45) is 11.8 Å². The van der Waals surface area contributed by atoms with E-state index in [4.69, 9.17) is 4.74 Å². The van der Waals surface area contributed by atoms with Crippen LogP contribution in [0.4, 0.5) is 0 Å². The first kappa shape index (κ1) is 23.9.